The number of nitrogens with zero attached hydrogens (tertiary/aromatic N) is 9. The van der Waals surface area contributed by atoms with E-state index < -0.39 is 46.1 Å². The van der Waals surface area contributed by atoms with E-state index in [1.54, 1.807) is 6.20 Å². The number of carbonyl (C=O) groups excluding carboxylic acids is 4. The van der Waals surface area contributed by atoms with Crippen LogP contribution in [0.5, 0.6) is 11.5 Å². The smallest absolute Gasteiger partial charge is 0.546 e. The quantitative estimate of drug-likeness (QED) is 0.0239. The number of phenols is 2. The average Bonchev–Trinajstić information content (AvgIpc) is 3.89. The van der Waals surface area contributed by atoms with Crippen LogP contribution < -0.4 is 55.4 Å². The number of ketones is 1. The number of anilines is 1. The number of hydrogen-bond acceptors (Lipinski definition) is 16. The second-order valence-electron chi connectivity index (χ2n) is 12.1. The zero-order valence-corrected chi connectivity index (χ0v) is 32.7. The standard InChI is InChI=1S/C30H30ClN11O8S2.Na/c1-30(2,28(48)49)50-37-21(17-12-52-29(32)34-17)19(44)9-16-26(47)42-22(24-35-38-39-36-24)14(11-51-27(16)42)10-41-8-7-40(13-41)6-5-33-25(46)15-3-4-18(43)23(45)20(15)31;/h3-4,7-8,12-13,16,27H,5-6,9-11H2,1-2H3,(H6-,32,33,34,35,36,37,38,39,43,44,45,46,48,49);/q;+1/p-1/t16-,27-;/m1./s1. The fourth-order valence-electron chi connectivity index (χ4n) is 5.33. The Bertz CT molecular complexity index is 2120. The molecular weight excluding hydrogens is 765 g/mol. The molecule has 1 saturated heterocycles. The first-order chi connectivity index (χ1) is 24.7. The number of benzene rings is 1. The number of nitrogens with two attached hydrogens (primary N) is 1. The van der Waals surface area contributed by atoms with Crippen LogP contribution in [0.2, 0.25) is 5.02 Å². The first kappa shape index (κ1) is 39.7. The summed E-state index contributed by atoms with van der Waals surface area (Å²) in [6.07, 6.45) is 5.16. The number of Topliss-reactive ketones (excluding diaryl/α,β-unsaturated/α-hetero) is 1. The number of thiazole rings is 1. The molecule has 2 aliphatic rings. The second-order valence-corrected chi connectivity index (χ2v) is 14.4. The number of carboxylic acid groups (broad SMARTS) is 1. The molecule has 0 bridgehead atoms. The van der Waals surface area contributed by atoms with Gasteiger partial charge in [-0.15, -0.1) is 23.1 Å². The maximum absolute atomic E-state index is 13.7. The Morgan fingerprint density at radius 1 is 1.30 bits per heavy atom. The number of oxime groups is 1. The van der Waals surface area contributed by atoms with Crippen molar-refractivity contribution in [1.82, 2.24) is 40.4 Å². The van der Waals surface area contributed by atoms with Gasteiger partial charge in [-0.2, -0.15) is 5.21 Å². The van der Waals surface area contributed by atoms with E-state index >= 15 is 0 Å². The summed E-state index contributed by atoms with van der Waals surface area (Å²) in [5.41, 5.74) is 4.97. The number of carbonyl (C=O) groups is 4. The van der Waals surface area contributed by atoms with Gasteiger partial charge >= 0.3 is 29.6 Å². The summed E-state index contributed by atoms with van der Waals surface area (Å²) in [5.74, 6) is -4.20. The summed E-state index contributed by atoms with van der Waals surface area (Å²) in [6, 6.07) is 2.48. The van der Waals surface area contributed by atoms with Gasteiger partial charge in [0, 0.05) is 23.1 Å². The fourth-order valence-corrected chi connectivity index (χ4v) is 7.53. The Hall–Kier alpha value is -4.54. The molecule has 3 aromatic heterocycles. The van der Waals surface area contributed by atoms with Crippen LogP contribution in [0, 0.1) is 5.92 Å². The van der Waals surface area contributed by atoms with Crippen LogP contribution >= 0.6 is 34.7 Å². The minimum Gasteiger partial charge on any atom is -0.546 e. The number of β-lactam (4-membered cyclic amide) rings is 1. The number of aliphatic carboxylic acids is 1. The molecule has 23 heteroatoms. The average molecular weight is 794 g/mol. The third kappa shape index (κ3) is 8.34. The van der Waals surface area contributed by atoms with Gasteiger partial charge < -0.3 is 41.1 Å². The van der Waals surface area contributed by atoms with Crippen molar-refractivity contribution >= 4 is 74.8 Å². The molecule has 0 spiro atoms. The number of tetrazole rings is 1. The fraction of sp³-hybridized carbons (Fsp3) is 0.333. The second kappa shape index (κ2) is 16.2. The van der Waals surface area contributed by atoms with Crippen LogP contribution in [0.4, 0.5) is 5.13 Å². The van der Waals surface area contributed by atoms with Gasteiger partial charge in [-0.25, -0.2) is 14.1 Å². The summed E-state index contributed by atoms with van der Waals surface area (Å²) < 4.78 is 3.71. The van der Waals surface area contributed by atoms with Gasteiger partial charge in [-0.1, -0.05) is 16.8 Å². The van der Waals surface area contributed by atoms with E-state index in [0.29, 0.717) is 24.5 Å². The van der Waals surface area contributed by atoms with Crippen LogP contribution in [0.3, 0.4) is 0 Å². The van der Waals surface area contributed by atoms with Gasteiger partial charge in [-0.05, 0) is 26.0 Å². The van der Waals surface area contributed by atoms with E-state index in [1.165, 1.54) is 48.0 Å². The van der Waals surface area contributed by atoms with E-state index in [1.807, 2.05) is 21.7 Å². The molecule has 272 valence electrons. The number of aromatic hydroxyl groups is 2. The molecule has 4 aromatic rings. The van der Waals surface area contributed by atoms with Crippen molar-refractivity contribution in [2.75, 3.05) is 18.0 Å². The molecule has 2 atom stereocenters. The topological polar surface area (TPSA) is 269 Å². The summed E-state index contributed by atoms with van der Waals surface area (Å²) in [4.78, 5) is 62.1. The van der Waals surface area contributed by atoms with E-state index in [9.17, 15) is 34.5 Å². The number of imidazole rings is 1. The molecule has 2 amide bonds. The number of fused-ring (bicyclic) bond motifs is 1. The third-order valence-electron chi connectivity index (χ3n) is 8.09. The number of nitrogen functional groups attached to an aromatic ring is 1. The van der Waals surface area contributed by atoms with Gasteiger partial charge in [0.05, 0.1) is 45.9 Å². The van der Waals surface area contributed by atoms with Crippen LogP contribution in [0.25, 0.3) is 5.70 Å². The summed E-state index contributed by atoms with van der Waals surface area (Å²) in [6.45, 7) is 3.38. The Labute approximate surface area is 335 Å². The Morgan fingerprint density at radius 3 is 2.75 bits per heavy atom. The molecule has 0 saturated carbocycles. The Kier molecular flexibility index (Phi) is 12.1. The largest absolute Gasteiger partial charge is 1.00 e. The summed E-state index contributed by atoms with van der Waals surface area (Å²) in [7, 11) is 0. The van der Waals surface area contributed by atoms with Gasteiger partial charge in [0.25, 0.3) is 5.91 Å². The Balaban J connectivity index is 0.00000541. The first-order valence-corrected chi connectivity index (χ1v) is 17.7. The number of aromatic nitrogens is 7. The molecule has 53 heavy (non-hydrogen) atoms. The molecular formula is C30H29ClN11NaO8S2. The minimum atomic E-state index is -1.85. The van der Waals surface area contributed by atoms with Crippen molar-refractivity contribution in [2.45, 2.75) is 44.3 Å². The van der Waals surface area contributed by atoms with Crippen molar-refractivity contribution in [3.05, 3.63) is 63.9 Å². The number of phenolic OH excluding ortho intramolecular Hbond substituents is 2. The molecule has 0 unspecified atom stereocenters. The number of thioether (sulfide) groups is 1. The SMILES string of the molecule is CC(C)(O/N=C(\C(=O)C[C@@H]1C(=O)N2C(c3nnn[n-]3)=C(C[n+]3ccn(CCNC(=O)c4ccc(O)c(O)c4Cl)c3)CS[C@H]12)c1csc(N)n1)C(=O)[O-].[Na+]. The summed E-state index contributed by atoms with van der Waals surface area (Å²) in [5, 5.41) is 53.5. The van der Waals surface area contributed by atoms with Gasteiger partial charge in [0.1, 0.15) is 31.2 Å². The monoisotopic (exact) mass is 793 g/mol. The zero-order chi connectivity index (χ0) is 37.3. The summed E-state index contributed by atoms with van der Waals surface area (Å²) >= 11 is 8.49. The first-order valence-electron chi connectivity index (χ1n) is 15.4. The molecule has 5 N–H and O–H groups in total. The van der Waals surface area contributed by atoms with Crippen LogP contribution in [-0.4, -0.2) is 92.7 Å². The molecule has 1 aromatic carbocycles. The number of halogens is 1. The van der Waals surface area contributed by atoms with E-state index in [0.717, 1.165) is 16.9 Å². The molecule has 2 aliphatic heterocycles. The molecule has 19 nitrogen and oxygen atoms in total. The predicted molar refractivity (Wildman–Crippen MR) is 181 cm³/mol. The minimum absolute atomic E-state index is 0. The number of carboxylic acids is 1. The van der Waals surface area contributed by atoms with Crippen LogP contribution in [-0.2, 0) is 32.3 Å². The molecule has 0 aliphatic carbocycles. The number of nitrogens with one attached hydrogen (secondary N) is 1. The van der Waals surface area contributed by atoms with E-state index in [2.05, 4.69) is 36.1 Å². The van der Waals surface area contributed by atoms with Crippen molar-refractivity contribution in [1.29, 1.82) is 0 Å². The number of amides is 2. The predicted octanol–water partition coefficient (Wildman–Crippen LogP) is -3.69. The van der Waals surface area contributed by atoms with Crippen LogP contribution in [0.15, 0.2) is 47.0 Å². The molecule has 1 fully saturated rings. The van der Waals surface area contributed by atoms with Gasteiger partial charge in [0.15, 0.2) is 33.7 Å². The van der Waals surface area contributed by atoms with Gasteiger partial charge in [0.2, 0.25) is 12.2 Å². The van der Waals surface area contributed by atoms with Gasteiger partial charge in [-0.3, -0.25) is 29.6 Å². The van der Waals surface area contributed by atoms with Crippen LogP contribution in [0.1, 0.15) is 42.1 Å². The van der Waals surface area contributed by atoms with Crippen molar-refractivity contribution in [3.8, 4) is 11.5 Å². The van der Waals surface area contributed by atoms with Crippen molar-refractivity contribution in [3.63, 3.8) is 0 Å². The number of rotatable bonds is 14. The molecule has 5 heterocycles. The van der Waals surface area contributed by atoms with Crippen molar-refractivity contribution < 1.29 is 73.5 Å². The van der Waals surface area contributed by atoms with E-state index in [-0.39, 0.29) is 81.4 Å². The third-order valence-corrected chi connectivity index (χ3v) is 10.5. The maximum atomic E-state index is 13.7. The zero-order valence-electron chi connectivity index (χ0n) is 28.3. The van der Waals surface area contributed by atoms with Crippen molar-refractivity contribution in [2.24, 2.45) is 11.1 Å². The maximum Gasteiger partial charge on any atom is 1.00 e. The Morgan fingerprint density at radius 2 is 2.08 bits per heavy atom. The molecule has 0 radical (unpaired) electrons. The number of hydrogen-bond donors (Lipinski definition) is 4. The normalized spacial score (nSPS) is 17.2. The molecule has 6 rings (SSSR count). The van der Waals surface area contributed by atoms with E-state index in [4.69, 9.17) is 22.2 Å².